The van der Waals surface area contributed by atoms with Gasteiger partial charge in [0.1, 0.15) is 0 Å². The molecule has 3 aliphatic rings. The number of nitrogens with one attached hydrogen (secondary N) is 1. The first kappa shape index (κ1) is 13.9. The van der Waals surface area contributed by atoms with Gasteiger partial charge in [0.25, 0.3) is 5.91 Å². The maximum absolute atomic E-state index is 12.5. The van der Waals surface area contributed by atoms with Gasteiger partial charge in [-0.3, -0.25) is 9.78 Å². The SMILES string of the molecule is O=C(N[C@H]1CN2CCC1CC2)c1cc(-c2ccccn2)cs1. The number of carbonyl (C=O) groups excluding carboxylic acids is 1. The number of carbonyl (C=O) groups is 1. The van der Waals surface area contributed by atoms with Crippen LogP contribution in [-0.4, -0.2) is 41.5 Å². The predicted octanol–water partition coefficient (Wildman–Crippen LogP) is 2.63. The number of hydrogen-bond donors (Lipinski definition) is 1. The number of fused-ring (bicyclic) bond motifs is 3. The van der Waals surface area contributed by atoms with Crippen LogP contribution < -0.4 is 5.32 Å². The van der Waals surface area contributed by atoms with E-state index in [2.05, 4.69) is 15.2 Å². The lowest BCUT2D eigenvalue weighted by Gasteiger charge is -2.44. The first-order valence-corrected chi connectivity index (χ1v) is 8.71. The van der Waals surface area contributed by atoms with Crippen LogP contribution in [0, 0.1) is 5.92 Å². The zero-order valence-electron chi connectivity index (χ0n) is 12.4. The average molecular weight is 313 g/mol. The fourth-order valence-corrected chi connectivity index (χ4v) is 4.29. The molecule has 0 aliphatic carbocycles. The molecule has 0 aromatic carbocycles. The molecule has 0 unspecified atom stereocenters. The Morgan fingerprint density at radius 3 is 2.86 bits per heavy atom. The van der Waals surface area contributed by atoms with Crippen molar-refractivity contribution in [3.63, 3.8) is 0 Å². The van der Waals surface area contributed by atoms with Crippen molar-refractivity contribution in [1.82, 2.24) is 15.2 Å². The molecule has 0 saturated carbocycles. The van der Waals surface area contributed by atoms with Crippen molar-refractivity contribution in [2.24, 2.45) is 5.92 Å². The monoisotopic (exact) mass is 313 g/mol. The Kier molecular flexibility index (Phi) is 3.68. The largest absolute Gasteiger partial charge is 0.347 e. The Bertz CT molecular complexity index is 662. The summed E-state index contributed by atoms with van der Waals surface area (Å²) in [6, 6.07) is 8.10. The van der Waals surface area contributed by atoms with Crippen LogP contribution in [0.2, 0.25) is 0 Å². The Balaban J connectivity index is 1.46. The zero-order chi connectivity index (χ0) is 14.9. The maximum atomic E-state index is 12.5. The number of hydrogen-bond acceptors (Lipinski definition) is 4. The van der Waals surface area contributed by atoms with Crippen molar-refractivity contribution in [3.05, 3.63) is 40.7 Å². The molecule has 0 radical (unpaired) electrons. The summed E-state index contributed by atoms with van der Waals surface area (Å²) in [7, 11) is 0. The fraction of sp³-hybridized carbons (Fsp3) is 0.412. The Morgan fingerprint density at radius 2 is 2.18 bits per heavy atom. The molecule has 4 nitrogen and oxygen atoms in total. The molecule has 0 spiro atoms. The van der Waals surface area contributed by atoms with Crippen molar-refractivity contribution >= 4 is 17.2 Å². The summed E-state index contributed by atoms with van der Waals surface area (Å²) >= 11 is 1.50. The van der Waals surface area contributed by atoms with E-state index in [1.165, 1.54) is 37.3 Å². The van der Waals surface area contributed by atoms with Gasteiger partial charge in [-0.15, -0.1) is 11.3 Å². The van der Waals surface area contributed by atoms with Gasteiger partial charge in [0.15, 0.2) is 0 Å². The molecule has 3 aliphatic heterocycles. The number of aromatic nitrogens is 1. The summed E-state index contributed by atoms with van der Waals surface area (Å²) in [5.74, 6) is 0.718. The van der Waals surface area contributed by atoms with Crippen molar-refractivity contribution in [3.8, 4) is 11.3 Å². The molecule has 5 heterocycles. The molecule has 2 bridgehead atoms. The third-order valence-corrected chi connectivity index (χ3v) is 5.69. The van der Waals surface area contributed by atoms with E-state index in [1.807, 2.05) is 29.6 Å². The Hall–Kier alpha value is -1.72. The van der Waals surface area contributed by atoms with Crippen molar-refractivity contribution in [2.75, 3.05) is 19.6 Å². The van der Waals surface area contributed by atoms with Crippen LogP contribution in [0.25, 0.3) is 11.3 Å². The van der Waals surface area contributed by atoms with Crippen molar-refractivity contribution in [2.45, 2.75) is 18.9 Å². The van der Waals surface area contributed by atoms with E-state index in [4.69, 9.17) is 0 Å². The van der Waals surface area contributed by atoms with Crippen LogP contribution >= 0.6 is 11.3 Å². The molecule has 1 amide bonds. The number of amides is 1. The molecule has 2 aromatic rings. The predicted molar refractivity (Wildman–Crippen MR) is 88.0 cm³/mol. The quantitative estimate of drug-likeness (QED) is 0.947. The zero-order valence-corrected chi connectivity index (χ0v) is 13.2. The van der Waals surface area contributed by atoms with Crippen LogP contribution in [0.1, 0.15) is 22.5 Å². The molecule has 114 valence electrons. The van der Waals surface area contributed by atoms with Crippen LogP contribution in [0.4, 0.5) is 0 Å². The van der Waals surface area contributed by atoms with Gasteiger partial charge in [-0.05, 0) is 50.0 Å². The van der Waals surface area contributed by atoms with Gasteiger partial charge in [-0.25, -0.2) is 0 Å². The Morgan fingerprint density at radius 1 is 1.32 bits per heavy atom. The summed E-state index contributed by atoms with van der Waals surface area (Å²) < 4.78 is 0. The van der Waals surface area contributed by atoms with Gasteiger partial charge >= 0.3 is 0 Å². The number of rotatable bonds is 3. The topological polar surface area (TPSA) is 45.2 Å². The van der Waals surface area contributed by atoms with Crippen LogP contribution in [0.5, 0.6) is 0 Å². The summed E-state index contributed by atoms with van der Waals surface area (Å²) in [5, 5.41) is 5.25. The average Bonchev–Trinajstić information content (AvgIpc) is 3.07. The summed E-state index contributed by atoms with van der Waals surface area (Å²) in [4.78, 5) is 20.1. The van der Waals surface area contributed by atoms with Gasteiger partial charge in [-0.1, -0.05) is 6.07 Å². The highest BCUT2D eigenvalue weighted by molar-refractivity contribution is 7.12. The van der Waals surface area contributed by atoms with Crippen molar-refractivity contribution in [1.29, 1.82) is 0 Å². The number of pyridine rings is 1. The van der Waals surface area contributed by atoms with Crippen LogP contribution in [-0.2, 0) is 0 Å². The van der Waals surface area contributed by atoms with E-state index in [0.717, 1.165) is 22.7 Å². The van der Waals surface area contributed by atoms with E-state index in [-0.39, 0.29) is 5.91 Å². The van der Waals surface area contributed by atoms with Crippen LogP contribution in [0.15, 0.2) is 35.8 Å². The highest BCUT2D eigenvalue weighted by Gasteiger charge is 2.35. The molecule has 5 heteroatoms. The third-order valence-electron chi connectivity index (χ3n) is 4.76. The summed E-state index contributed by atoms with van der Waals surface area (Å²) in [6.07, 6.45) is 4.21. The second-order valence-corrected chi connectivity index (χ2v) is 7.04. The minimum atomic E-state index is 0.0610. The van der Waals surface area contributed by atoms with Gasteiger partial charge in [0.05, 0.1) is 10.6 Å². The molecule has 1 atom stereocenters. The summed E-state index contributed by atoms with van der Waals surface area (Å²) in [5.41, 5.74) is 1.94. The molecule has 1 N–H and O–H groups in total. The lowest BCUT2D eigenvalue weighted by molar-refractivity contribution is 0.0622. The second-order valence-electron chi connectivity index (χ2n) is 6.13. The lowest BCUT2D eigenvalue weighted by Crippen LogP contribution is -2.57. The maximum Gasteiger partial charge on any atom is 0.261 e. The molecular weight excluding hydrogens is 294 g/mol. The van der Waals surface area contributed by atoms with Crippen LogP contribution in [0.3, 0.4) is 0 Å². The lowest BCUT2D eigenvalue weighted by atomic mass is 9.84. The van der Waals surface area contributed by atoms with Gasteiger partial charge < -0.3 is 10.2 Å². The molecule has 2 aromatic heterocycles. The van der Waals surface area contributed by atoms with E-state index in [1.54, 1.807) is 6.20 Å². The van der Waals surface area contributed by atoms with E-state index >= 15 is 0 Å². The normalized spacial score (nSPS) is 26.8. The molecular formula is C17H19N3OS. The minimum absolute atomic E-state index is 0.0610. The second kappa shape index (κ2) is 5.82. The smallest absolute Gasteiger partial charge is 0.261 e. The molecule has 5 rings (SSSR count). The third kappa shape index (κ3) is 2.66. The van der Waals surface area contributed by atoms with Gasteiger partial charge in [-0.2, -0.15) is 0 Å². The number of piperidine rings is 3. The molecule has 22 heavy (non-hydrogen) atoms. The Labute approximate surface area is 134 Å². The number of thiophene rings is 1. The minimum Gasteiger partial charge on any atom is -0.347 e. The van der Waals surface area contributed by atoms with Gasteiger partial charge in [0, 0.05) is 29.7 Å². The standard InChI is InChI=1S/C17H19N3OS/c21-17(19-15-10-20-7-4-12(15)5-8-20)16-9-13(11-22-16)14-3-1-2-6-18-14/h1-3,6,9,11-12,15H,4-5,7-8,10H2,(H,19,21)/t15-/m0/s1. The van der Waals surface area contributed by atoms with E-state index in [9.17, 15) is 4.79 Å². The van der Waals surface area contributed by atoms with Crippen molar-refractivity contribution < 1.29 is 4.79 Å². The highest BCUT2D eigenvalue weighted by Crippen LogP contribution is 2.28. The highest BCUT2D eigenvalue weighted by atomic mass is 32.1. The summed E-state index contributed by atoms with van der Waals surface area (Å²) in [6.45, 7) is 3.40. The fourth-order valence-electron chi connectivity index (χ4n) is 3.49. The first-order valence-electron chi connectivity index (χ1n) is 7.83. The van der Waals surface area contributed by atoms with Gasteiger partial charge in [0.2, 0.25) is 0 Å². The first-order chi connectivity index (χ1) is 10.8. The van der Waals surface area contributed by atoms with E-state index < -0.39 is 0 Å². The van der Waals surface area contributed by atoms with E-state index in [0.29, 0.717) is 12.0 Å². The molecule has 3 saturated heterocycles. The molecule has 3 fully saturated rings. The number of nitrogens with zero attached hydrogens (tertiary/aromatic N) is 2.